The summed E-state index contributed by atoms with van der Waals surface area (Å²) in [4.78, 5) is 9.38. The van der Waals surface area contributed by atoms with Gasteiger partial charge in [-0.25, -0.2) is 0 Å². The zero-order valence-corrected chi connectivity index (χ0v) is 23.6. The molecule has 0 unspecified atom stereocenters. The van der Waals surface area contributed by atoms with E-state index in [4.69, 9.17) is 15.7 Å². The average Bonchev–Trinajstić information content (AvgIpc) is 2.60. The number of pyridine rings is 2. The molecule has 3 aromatic rings. The van der Waals surface area contributed by atoms with E-state index >= 15 is 0 Å². The van der Waals surface area contributed by atoms with Crippen molar-refractivity contribution in [1.29, 1.82) is 0 Å². The molecule has 0 atom stereocenters. The molecule has 0 aliphatic heterocycles. The number of hydrogen-bond acceptors (Lipinski definition) is 4. The van der Waals surface area contributed by atoms with Gasteiger partial charge in [0.25, 0.3) is 0 Å². The Morgan fingerprint density at radius 3 is 1.62 bits per heavy atom. The van der Waals surface area contributed by atoms with Crippen molar-refractivity contribution in [3.05, 3.63) is 88.0 Å². The second-order valence-electron chi connectivity index (χ2n) is 8.38. The number of benzene rings is 1. The topological polar surface area (TPSA) is 63.8 Å². The summed E-state index contributed by atoms with van der Waals surface area (Å²) in [5, 5.41) is 3.64. The van der Waals surface area contributed by atoms with Crippen LogP contribution in [0.2, 0.25) is 0 Å². The van der Waals surface area contributed by atoms with Gasteiger partial charge in [0.2, 0.25) is 0 Å². The van der Waals surface area contributed by atoms with Crippen LogP contribution in [0.25, 0.3) is 0 Å². The van der Waals surface area contributed by atoms with E-state index in [1.54, 1.807) is 0 Å². The fourth-order valence-corrected chi connectivity index (χ4v) is 4.03. The standard InChI is InChI=1S/C25H32N4.2BrH.Fe/c1-17-12-18(2)24(19(3)13-17)27-16-25(26,14-22-10-6-8-20(4)28-22)15-23-11-7-9-21(5)29-23;;;/h6-13,27H,14-16,26H2,1-5H3;2*1H;/q;;;+2/p-2. The summed E-state index contributed by atoms with van der Waals surface area (Å²) < 4.78 is 0. The van der Waals surface area contributed by atoms with E-state index < -0.39 is 5.54 Å². The fraction of sp³-hybridized carbons (Fsp3) is 0.360. The maximum absolute atomic E-state index is 7.00. The number of anilines is 1. The Balaban J connectivity index is 0.00000320. The molecular formula is C25H32Br2FeN4. The monoisotopic (exact) mass is 602 g/mol. The van der Waals surface area contributed by atoms with Crippen LogP contribution < -0.4 is 45.0 Å². The van der Waals surface area contributed by atoms with Gasteiger partial charge in [-0.1, -0.05) is 29.8 Å². The molecule has 0 bridgehead atoms. The molecule has 0 fully saturated rings. The second-order valence-corrected chi connectivity index (χ2v) is 8.38. The molecule has 0 saturated carbocycles. The molecule has 32 heavy (non-hydrogen) atoms. The molecule has 0 spiro atoms. The van der Waals surface area contributed by atoms with Crippen molar-refractivity contribution in [2.24, 2.45) is 5.73 Å². The molecule has 4 nitrogen and oxygen atoms in total. The molecule has 0 amide bonds. The van der Waals surface area contributed by atoms with E-state index in [0.29, 0.717) is 19.4 Å². The number of hydrogen-bond donors (Lipinski definition) is 2. The molecule has 0 radical (unpaired) electrons. The fourth-order valence-electron chi connectivity index (χ4n) is 4.03. The Morgan fingerprint density at radius 1 is 0.781 bits per heavy atom. The predicted molar refractivity (Wildman–Crippen MR) is 121 cm³/mol. The number of halogens is 2. The van der Waals surface area contributed by atoms with Crippen LogP contribution in [0, 0.1) is 34.6 Å². The van der Waals surface area contributed by atoms with Crippen LogP contribution in [0.3, 0.4) is 0 Å². The predicted octanol–water partition coefficient (Wildman–Crippen LogP) is -1.38. The first kappa shape index (κ1) is 30.8. The Morgan fingerprint density at radius 2 is 1.22 bits per heavy atom. The van der Waals surface area contributed by atoms with Crippen molar-refractivity contribution in [2.45, 2.75) is 53.0 Å². The van der Waals surface area contributed by atoms with Gasteiger partial charge in [-0.05, 0) is 70.0 Å². The minimum Gasteiger partial charge on any atom is -1.00 e. The zero-order valence-electron chi connectivity index (χ0n) is 19.3. The third kappa shape index (κ3) is 8.60. The third-order valence-corrected chi connectivity index (χ3v) is 5.25. The van der Waals surface area contributed by atoms with Crippen molar-refractivity contribution >= 4 is 5.69 Å². The molecular weight excluding hydrogens is 572 g/mol. The quantitative estimate of drug-likeness (QED) is 0.327. The van der Waals surface area contributed by atoms with E-state index in [9.17, 15) is 0 Å². The number of aryl methyl sites for hydroxylation is 5. The first-order valence-corrected chi connectivity index (χ1v) is 10.2. The van der Waals surface area contributed by atoms with Crippen LogP contribution >= 0.6 is 0 Å². The van der Waals surface area contributed by atoms with Gasteiger partial charge in [0, 0.05) is 53.4 Å². The third-order valence-electron chi connectivity index (χ3n) is 5.25. The number of nitrogens with two attached hydrogens (primary N) is 1. The maximum atomic E-state index is 7.00. The van der Waals surface area contributed by atoms with E-state index in [1.807, 2.05) is 38.1 Å². The Bertz CT molecular complexity index is 940. The molecule has 3 N–H and O–H groups in total. The summed E-state index contributed by atoms with van der Waals surface area (Å²) in [6.07, 6.45) is 1.36. The van der Waals surface area contributed by atoms with Crippen LogP contribution in [-0.2, 0) is 29.9 Å². The molecule has 3 rings (SSSR count). The van der Waals surface area contributed by atoms with Gasteiger partial charge in [-0.3, -0.25) is 9.97 Å². The summed E-state index contributed by atoms with van der Waals surface area (Å²) >= 11 is 0. The van der Waals surface area contributed by atoms with E-state index in [-0.39, 0.29) is 51.0 Å². The number of aromatic nitrogens is 2. The summed E-state index contributed by atoms with van der Waals surface area (Å²) in [6, 6.07) is 16.6. The van der Waals surface area contributed by atoms with Gasteiger partial charge in [0.15, 0.2) is 0 Å². The van der Waals surface area contributed by atoms with Gasteiger partial charge >= 0.3 is 17.1 Å². The molecule has 2 heterocycles. The summed E-state index contributed by atoms with van der Waals surface area (Å²) in [6.45, 7) is 11.1. The van der Waals surface area contributed by atoms with E-state index in [1.165, 1.54) is 22.4 Å². The smallest absolute Gasteiger partial charge is 1.00 e. The first-order chi connectivity index (χ1) is 13.7. The molecule has 0 saturated heterocycles. The molecule has 0 aliphatic carbocycles. The van der Waals surface area contributed by atoms with Gasteiger partial charge in [0.1, 0.15) is 0 Å². The molecule has 2 aromatic heterocycles. The van der Waals surface area contributed by atoms with Crippen molar-refractivity contribution in [3.8, 4) is 0 Å². The number of nitrogens with one attached hydrogen (secondary N) is 1. The van der Waals surface area contributed by atoms with Gasteiger partial charge in [0.05, 0.1) is 0 Å². The van der Waals surface area contributed by atoms with Crippen LogP contribution in [-0.4, -0.2) is 22.1 Å². The van der Waals surface area contributed by atoms with Crippen LogP contribution in [0.4, 0.5) is 5.69 Å². The van der Waals surface area contributed by atoms with Crippen LogP contribution in [0.1, 0.15) is 39.5 Å². The normalized spacial score (nSPS) is 10.4. The molecule has 174 valence electrons. The van der Waals surface area contributed by atoms with Gasteiger partial charge < -0.3 is 45.0 Å². The van der Waals surface area contributed by atoms with Gasteiger partial charge in [-0.15, -0.1) is 0 Å². The van der Waals surface area contributed by atoms with Crippen molar-refractivity contribution in [1.82, 2.24) is 9.97 Å². The Labute approximate surface area is 224 Å². The summed E-state index contributed by atoms with van der Waals surface area (Å²) in [5.74, 6) is 0. The van der Waals surface area contributed by atoms with Crippen LogP contribution in [0.5, 0.6) is 0 Å². The maximum Gasteiger partial charge on any atom is 2.00 e. The van der Waals surface area contributed by atoms with Crippen molar-refractivity contribution in [3.63, 3.8) is 0 Å². The second kappa shape index (κ2) is 13.5. The van der Waals surface area contributed by atoms with Crippen LogP contribution in [0.15, 0.2) is 48.5 Å². The molecule has 7 heteroatoms. The minimum absolute atomic E-state index is 0. The molecule has 1 aromatic carbocycles. The summed E-state index contributed by atoms with van der Waals surface area (Å²) in [7, 11) is 0. The minimum atomic E-state index is -0.509. The first-order valence-electron chi connectivity index (χ1n) is 10.2. The van der Waals surface area contributed by atoms with E-state index in [0.717, 1.165) is 22.8 Å². The number of nitrogens with zero attached hydrogens (tertiary/aromatic N) is 2. The largest absolute Gasteiger partial charge is 2.00 e. The molecule has 0 aliphatic rings. The SMILES string of the molecule is Cc1cc(C)c(NCC(N)(Cc2cccc(C)n2)Cc2cccc(C)n2)c(C)c1.[Br-].[Br-].[Fe+2]. The number of rotatable bonds is 7. The average molecular weight is 604 g/mol. The van der Waals surface area contributed by atoms with Crippen molar-refractivity contribution in [2.75, 3.05) is 11.9 Å². The summed E-state index contributed by atoms with van der Waals surface area (Å²) in [5.41, 5.74) is 15.5. The van der Waals surface area contributed by atoms with Gasteiger partial charge in [-0.2, -0.15) is 0 Å². The van der Waals surface area contributed by atoms with E-state index in [2.05, 4.69) is 50.4 Å². The Hall–Kier alpha value is -1.24. The zero-order chi connectivity index (χ0) is 21.0. The van der Waals surface area contributed by atoms with Crippen molar-refractivity contribution < 1.29 is 51.0 Å². The Kier molecular flexibility index (Phi) is 12.9.